The van der Waals surface area contributed by atoms with Gasteiger partial charge in [-0.15, -0.1) is 0 Å². The minimum Gasteiger partial charge on any atom is -0.333 e. The normalized spacial score (nSPS) is 17.8. The molecule has 0 fully saturated rings. The molecule has 6 heteroatoms. The summed E-state index contributed by atoms with van der Waals surface area (Å²) in [4.78, 5) is 19.8. The Hall–Kier alpha value is -2.99. The second kappa shape index (κ2) is 8.63. The summed E-state index contributed by atoms with van der Waals surface area (Å²) in [6, 6.07) is 14.8. The van der Waals surface area contributed by atoms with E-state index in [2.05, 4.69) is 45.7 Å². The monoisotopic (exact) mass is 415 g/mol. The zero-order valence-corrected chi connectivity index (χ0v) is 18.1. The van der Waals surface area contributed by atoms with Crippen LogP contribution in [0, 0.1) is 0 Å². The van der Waals surface area contributed by atoms with Crippen LogP contribution in [0.1, 0.15) is 45.0 Å². The third-order valence-electron chi connectivity index (χ3n) is 6.62. The summed E-state index contributed by atoms with van der Waals surface area (Å²) in [5.74, 6) is 0.0699. The Bertz CT molecular complexity index is 1070. The van der Waals surface area contributed by atoms with Gasteiger partial charge >= 0.3 is 0 Å². The van der Waals surface area contributed by atoms with Crippen LogP contribution in [0.3, 0.4) is 0 Å². The molecule has 1 N–H and O–H groups in total. The minimum absolute atomic E-state index is 0.0699. The van der Waals surface area contributed by atoms with Crippen LogP contribution in [0.5, 0.6) is 0 Å². The van der Waals surface area contributed by atoms with Crippen molar-refractivity contribution in [1.29, 1.82) is 0 Å². The van der Waals surface area contributed by atoms with Gasteiger partial charge in [0.1, 0.15) is 0 Å². The third-order valence-corrected chi connectivity index (χ3v) is 6.62. The Morgan fingerprint density at radius 3 is 2.81 bits per heavy atom. The Labute approximate surface area is 183 Å². The topological polar surface area (TPSA) is 63.1 Å². The van der Waals surface area contributed by atoms with E-state index < -0.39 is 0 Å². The second-order valence-electron chi connectivity index (χ2n) is 8.61. The van der Waals surface area contributed by atoms with E-state index in [0.29, 0.717) is 18.3 Å². The van der Waals surface area contributed by atoms with E-state index in [1.54, 1.807) is 0 Å². The number of aryl methyl sites for hydroxylation is 1. The van der Waals surface area contributed by atoms with Crippen molar-refractivity contribution in [2.45, 2.75) is 44.7 Å². The number of pyridine rings is 1. The first-order valence-electron chi connectivity index (χ1n) is 11.2. The van der Waals surface area contributed by atoms with Gasteiger partial charge in [-0.25, -0.2) is 0 Å². The lowest BCUT2D eigenvalue weighted by Gasteiger charge is -2.29. The molecule has 0 spiro atoms. The molecule has 3 heterocycles. The largest absolute Gasteiger partial charge is 0.333 e. The zero-order valence-electron chi connectivity index (χ0n) is 18.1. The quantitative estimate of drug-likeness (QED) is 0.696. The number of nitrogens with zero attached hydrogens (tertiary/aromatic N) is 4. The predicted octanol–water partition coefficient (Wildman–Crippen LogP) is 2.70. The number of hydrogen-bond acceptors (Lipinski definition) is 4. The molecule has 0 radical (unpaired) electrons. The molecule has 31 heavy (non-hydrogen) atoms. The van der Waals surface area contributed by atoms with Gasteiger partial charge in [-0.05, 0) is 48.9 Å². The van der Waals surface area contributed by atoms with Crippen molar-refractivity contribution in [2.75, 3.05) is 13.1 Å². The van der Waals surface area contributed by atoms with E-state index in [4.69, 9.17) is 0 Å². The molecule has 160 valence electrons. The molecule has 1 aromatic carbocycles. The molecule has 0 bridgehead atoms. The number of carbonyl (C=O) groups excluding carboxylic acids is 1. The molecule has 3 aromatic rings. The van der Waals surface area contributed by atoms with Gasteiger partial charge in [0.25, 0.3) is 5.91 Å². The highest BCUT2D eigenvalue weighted by molar-refractivity contribution is 5.94. The maximum Gasteiger partial charge on any atom is 0.274 e. The highest BCUT2D eigenvalue weighted by Crippen LogP contribution is 2.27. The Morgan fingerprint density at radius 2 is 1.97 bits per heavy atom. The van der Waals surface area contributed by atoms with Gasteiger partial charge in [0.05, 0.1) is 0 Å². The number of carbonyl (C=O) groups is 1. The molecular weight excluding hydrogens is 386 g/mol. The zero-order chi connectivity index (χ0) is 21.2. The maximum absolute atomic E-state index is 13.4. The van der Waals surface area contributed by atoms with Crippen molar-refractivity contribution < 1.29 is 4.79 Å². The molecule has 1 amide bonds. The minimum atomic E-state index is 0.0699. The predicted molar refractivity (Wildman–Crippen MR) is 120 cm³/mol. The van der Waals surface area contributed by atoms with Gasteiger partial charge in [-0.1, -0.05) is 30.3 Å². The van der Waals surface area contributed by atoms with Gasteiger partial charge in [-0.3, -0.25) is 14.5 Å². The average Bonchev–Trinajstić information content (AvgIpc) is 3.15. The van der Waals surface area contributed by atoms with Crippen LogP contribution in [0.25, 0.3) is 0 Å². The fraction of sp³-hybridized carbons (Fsp3) is 0.400. The van der Waals surface area contributed by atoms with E-state index in [9.17, 15) is 4.79 Å². The molecule has 1 unspecified atom stereocenters. The van der Waals surface area contributed by atoms with Crippen LogP contribution in [0.2, 0.25) is 0 Å². The summed E-state index contributed by atoms with van der Waals surface area (Å²) in [6.45, 7) is 2.32. The molecule has 1 aliphatic carbocycles. The number of nitrogens with one attached hydrogen (secondary N) is 1. The number of rotatable bonds is 5. The molecule has 0 saturated heterocycles. The van der Waals surface area contributed by atoms with Crippen LogP contribution in [-0.4, -0.2) is 44.7 Å². The van der Waals surface area contributed by atoms with Crippen molar-refractivity contribution in [3.8, 4) is 0 Å². The van der Waals surface area contributed by atoms with Gasteiger partial charge in [0.2, 0.25) is 0 Å². The Balaban J connectivity index is 1.27. The van der Waals surface area contributed by atoms with Crippen LogP contribution in [-0.2, 0) is 39.3 Å². The molecule has 2 aliphatic rings. The highest BCUT2D eigenvalue weighted by atomic mass is 16.2. The van der Waals surface area contributed by atoms with E-state index in [-0.39, 0.29) is 5.91 Å². The van der Waals surface area contributed by atoms with Crippen molar-refractivity contribution in [3.63, 3.8) is 0 Å². The first-order valence-corrected chi connectivity index (χ1v) is 11.2. The van der Waals surface area contributed by atoms with Gasteiger partial charge < -0.3 is 10.2 Å². The molecular formula is C25H29N5O. The fourth-order valence-electron chi connectivity index (χ4n) is 4.90. The SMILES string of the molecule is Cn1nc(C(=O)N2CCc3ccccc3C2)c2c1CCC(NCCc1ccccn1)C2. The van der Waals surface area contributed by atoms with Crippen LogP contribution in [0.15, 0.2) is 48.7 Å². The summed E-state index contributed by atoms with van der Waals surface area (Å²) in [5, 5.41) is 8.35. The van der Waals surface area contributed by atoms with Crippen molar-refractivity contribution in [2.24, 2.45) is 7.05 Å². The summed E-state index contributed by atoms with van der Waals surface area (Å²) in [5.41, 5.74) is 6.70. The first kappa shape index (κ1) is 19.9. The van der Waals surface area contributed by atoms with Gasteiger partial charge in [0.15, 0.2) is 5.69 Å². The molecule has 2 aromatic heterocycles. The van der Waals surface area contributed by atoms with Crippen molar-refractivity contribution >= 4 is 5.91 Å². The lowest BCUT2D eigenvalue weighted by molar-refractivity contribution is 0.0726. The summed E-state index contributed by atoms with van der Waals surface area (Å²) >= 11 is 0. The smallest absolute Gasteiger partial charge is 0.274 e. The van der Waals surface area contributed by atoms with E-state index in [1.165, 1.54) is 16.8 Å². The number of amides is 1. The first-order chi connectivity index (χ1) is 15.2. The summed E-state index contributed by atoms with van der Waals surface area (Å²) < 4.78 is 1.92. The summed E-state index contributed by atoms with van der Waals surface area (Å²) in [6.07, 6.45) is 6.55. The van der Waals surface area contributed by atoms with Gasteiger partial charge in [0, 0.05) is 62.3 Å². The molecule has 0 saturated carbocycles. The number of hydrogen-bond donors (Lipinski definition) is 1. The molecule has 6 nitrogen and oxygen atoms in total. The second-order valence-corrected chi connectivity index (χ2v) is 8.61. The average molecular weight is 416 g/mol. The number of benzene rings is 1. The Kier molecular flexibility index (Phi) is 5.55. The Morgan fingerprint density at radius 1 is 1.13 bits per heavy atom. The van der Waals surface area contributed by atoms with Crippen LogP contribution in [0.4, 0.5) is 0 Å². The van der Waals surface area contributed by atoms with E-state index in [1.807, 2.05) is 35.0 Å². The van der Waals surface area contributed by atoms with Crippen LogP contribution < -0.4 is 5.32 Å². The number of fused-ring (bicyclic) bond motifs is 2. The number of aromatic nitrogens is 3. The lowest BCUT2D eigenvalue weighted by Crippen LogP contribution is -2.38. The molecule has 1 atom stereocenters. The maximum atomic E-state index is 13.4. The fourth-order valence-corrected chi connectivity index (χ4v) is 4.90. The highest BCUT2D eigenvalue weighted by Gasteiger charge is 2.31. The third kappa shape index (κ3) is 4.12. The van der Waals surface area contributed by atoms with Crippen molar-refractivity contribution in [3.05, 3.63) is 82.4 Å². The van der Waals surface area contributed by atoms with E-state index >= 15 is 0 Å². The lowest BCUT2D eigenvalue weighted by atomic mass is 9.90. The van der Waals surface area contributed by atoms with Crippen molar-refractivity contribution in [1.82, 2.24) is 25.0 Å². The van der Waals surface area contributed by atoms with Crippen LogP contribution >= 0.6 is 0 Å². The molecule has 5 rings (SSSR count). The van der Waals surface area contributed by atoms with E-state index in [0.717, 1.165) is 56.5 Å². The van der Waals surface area contributed by atoms with Gasteiger partial charge in [-0.2, -0.15) is 5.10 Å². The summed E-state index contributed by atoms with van der Waals surface area (Å²) in [7, 11) is 1.97. The molecule has 1 aliphatic heterocycles. The standard InChI is InChI=1S/C25H29N5O/c1-29-23-10-9-21(27-14-11-20-8-4-5-13-26-20)16-22(23)24(28-29)25(31)30-15-12-18-6-2-3-7-19(18)17-30/h2-8,13,21,27H,9-12,14-17H2,1H3.